The molecule has 150 valence electrons. The van der Waals surface area contributed by atoms with Crippen LogP contribution >= 0.6 is 0 Å². The molecule has 28 heavy (non-hydrogen) atoms. The fraction of sp³-hybridized carbons (Fsp3) is 0.278. The predicted molar refractivity (Wildman–Crippen MR) is 98.6 cm³/mol. The number of benzene rings is 1. The first-order valence-electron chi connectivity index (χ1n) is 8.13. The number of nitrogens with one attached hydrogen (secondary N) is 1. The molecule has 0 spiro atoms. The smallest absolute Gasteiger partial charge is 0.339 e. The number of aryl methyl sites for hydroxylation is 1. The quantitative estimate of drug-likeness (QED) is 0.544. The van der Waals surface area contributed by atoms with Gasteiger partial charge in [0.2, 0.25) is 15.8 Å². The van der Waals surface area contributed by atoms with Crippen molar-refractivity contribution in [3.63, 3.8) is 0 Å². The Hall–Kier alpha value is -2.98. The van der Waals surface area contributed by atoms with E-state index in [1.807, 2.05) is 0 Å². The third-order valence-electron chi connectivity index (χ3n) is 4.12. The number of carbonyl (C=O) groups excluding carboxylic acids is 3. The molecule has 0 bridgehead atoms. The second kappa shape index (κ2) is 7.95. The molecule has 1 aromatic heterocycles. The van der Waals surface area contributed by atoms with E-state index in [-0.39, 0.29) is 21.7 Å². The molecule has 0 unspecified atom stereocenters. The van der Waals surface area contributed by atoms with Gasteiger partial charge in [-0.25, -0.2) is 23.1 Å². The van der Waals surface area contributed by atoms with Crippen LogP contribution in [0.4, 0.5) is 0 Å². The van der Waals surface area contributed by atoms with Gasteiger partial charge in [-0.05, 0) is 44.5 Å². The summed E-state index contributed by atoms with van der Waals surface area (Å²) < 4.78 is 32.7. The van der Waals surface area contributed by atoms with Crippen molar-refractivity contribution >= 4 is 27.7 Å². The Kier molecular flexibility index (Phi) is 6.05. The lowest BCUT2D eigenvalue weighted by molar-refractivity contribution is 0.0316. The number of carbonyl (C=O) groups is 3. The summed E-state index contributed by atoms with van der Waals surface area (Å²) in [4.78, 5) is 39.3. The van der Waals surface area contributed by atoms with E-state index in [1.54, 1.807) is 13.8 Å². The van der Waals surface area contributed by atoms with Crippen molar-refractivity contribution in [1.29, 1.82) is 0 Å². The summed E-state index contributed by atoms with van der Waals surface area (Å²) in [6.45, 7) is 4.57. The van der Waals surface area contributed by atoms with Crippen molar-refractivity contribution in [2.75, 3.05) is 7.11 Å². The number of rotatable bonds is 6. The van der Waals surface area contributed by atoms with Crippen LogP contribution in [0.3, 0.4) is 0 Å². The number of esters is 2. The van der Waals surface area contributed by atoms with Crippen LogP contribution in [-0.2, 0) is 19.5 Å². The Balaban J connectivity index is 2.24. The van der Waals surface area contributed by atoms with Gasteiger partial charge in [0.15, 0.2) is 6.10 Å². The van der Waals surface area contributed by atoms with E-state index in [0.29, 0.717) is 11.3 Å². The van der Waals surface area contributed by atoms with Crippen molar-refractivity contribution < 1.29 is 32.3 Å². The highest BCUT2D eigenvalue weighted by atomic mass is 32.2. The highest BCUT2D eigenvalue weighted by molar-refractivity contribution is 7.89. The molecule has 0 saturated heterocycles. The maximum Gasteiger partial charge on any atom is 0.339 e. The van der Waals surface area contributed by atoms with Gasteiger partial charge in [-0.2, -0.15) is 0 Å². The molecule has 0 aliphatic heterocycles. The molecule has 2 aromatic rings. The number of hydrogen-bond acceptors (Lipinski definition) is 7. The molecule has 2 rings (SSSR count). The first kappa shape index (κ1) is 21.3. The third kappa shape index (κ3) is 4.29. The fourth-order valence-electron chi connectivity index (χ4n) is 2.69. The summed E-state index contributed by atoms with van der Waals surface area (Å²) in [6.07, 6.45) is -1.19. The Morgan fingerprint density at radius 1 is 1.14 bits per heavy atom. The summed E-state index contributed by atoms with van der Waals surface area (Å²) in [5.41, 5.74) is 1.13. The molecule has 9 nitrogen and oxygen atoms in total. The number of ketones is 1. The topological polar surface area (TPSA) is 146 Å². The van der Waals surface area contributed by atoms with Gasteiger partial charge in [-0.15, -0.1) is 0 Å². The van der Waals surface area contributed by atoms with Crippen LogP contribution in [0.1, 0.15) is 49.4 Å². The number of primary sulfonamides is 1. The number of Topliss-reactive ketones (excluding diaryl/α,β-unsaturated/α-hetero) is 1. The molecule has 0 aliphatic rings. The second-order valence-corrected chi connectivity index (χ2v) is 7.66. The normalized spacial score (nSPS) is 12.3. The average Bonchev–Trinajstić information content (AvgIpc) is 2.94. The van der Waals surface area contributed by atoms with E-state index < -0.39 is 33.8 Å². The SMILES string of the molecule is COC(=O)c1c(C)[nH]c(C(=O)[C@H](C)OC(=O)c2cccc(S(N)(=O)=O)c2)c1C. The monoisotopic (exact) mass is 408 g/mol. The molecule has 0 fully saturated rings. The summed E-state index contributed by atoms with van der Waals surface area (Å²) in [5, 5.41) is 5.04. The molecule has 0 radical (unpaired) electrons. The number of nitrogens with two attached hydrogens (primary N) is 1. The van der Waals surface area contributed by atoms with Crippen molar-refractivity contribution in [1.82, 2.24) is 4.98 Å². The number of sulfonamides is 1. The summed E-state index contributed by atoms with van der Waals surface area (Å²) in [6, 6.07) is 4.98. The van der Waals surface area contributed by atoms with Gasteiger partial charge >= 0.3 is 11.9 Å². The van der Waals surface area contributed by atoms with E-state index in [0.717, 1.165) is 6.07 Å². The van der Waals surface area contributed by atoms with E-state index >= 15 is 0 Å². The minimum Gasteiger partial charge on any atom is -0.465 e. The van der Waals surface area contributed by atoms with E-state index in [4.69, 9.17) is 14.6 Å². The number of ether oxygens (including phenoxy) is 2. The van der Waals surface area contributed by atoms with Gasteiger partial charge < -0.3 is 14.5 Å². The molecule has 3 N–H and O–H groups in total. The van der Waals surface area contributed by atoms with Gasteiger partial charge in [0.25, 0.3) is 0 Å². The van der Waals surface area contributed by atoms with Crippen LogP contribution < -0.4 is 5.14 Å². The van der Waals surface area contributed by atoms with Crippen LogP contribution in [0.2, 0.25) is 0 Å². The van der Waals surface area contributed by atoms with E-state index in [2.05, 4.69) is 4.98 Å². The van der Waals surface area contributed by atoms with Gasteiger partial charge in [0, 0.05) is 5.69 Å². The van der Waals surface area contributed by atoms with Crippen LogP contribution in [-0.4, -0.2) is 44.3 Å². The number of aromatic nitrogens is 1. The standard InChI is InChI=1S/C18H20N2O7S/c1-9-14(18(23)26-4)10(2)20-15(9)16(21)11(3)27-17(22)12-6-5-7-13(8-12)28(19,24)25/h5-8,11,20H,1-4H3,(H2,19,24,25)/t11-/m0/s1. The highest BCUT2D eigenvalue weighted by Crippen LogP contribution is 2.21. The molecule has 0 saturated carbocycles. The third-order valence-corrected chi connectivity index (χ3v) is 5.04. The lowest BCUT2D eigenvalue weighted by Crippen LogP contribution is -2.25. The van der Waals surface area contributed by atoms with Crippen LogP contribution in [0.15, 0.2) is 29.2 Å². The Bertz CT molecular complexity index is 1050. The van der Waals surface area contributed by atoms with Crippen molar-refractivity contribution in [3.05, 3.63) is 52.3 Å². The van der Waals surface area contributed by atoms with Gasteiger partial charge in [0.1, 0.15) is 0 Å². The first-order valence-corrected chi connectivity index (χ1v) is 9.67. The highest BCUT2D eigenvalue weighted by Gasteiger charge is 2.27. The molecule has 1 heterocycles. The molecular weight excluding hydrogens is 388 g/mol. The molecule has 1 atom stereocenters. The van der Waals surface area contributed by atoms with Gasteiger partial charge in [-0.3, -0.25) is 4.79 Å². The molecule has 1 aromatic carbocycles. The fourth-order valence-corrected chi connectivity index (χ4v) is 3.25. The van der Waals surface area contributed by atoms with Crippen molar-refractivity contribution in [2.24, 2.45) is 5.14 Å². The minimum absolute atomic E-state index is 0.0687. The lowest BCUT2D eigenvalue weighted by atomic mass is 10.1. The first-order chi connectivity index (χ1) is 13.0. The average molecular weight is 408 g/mol. The van der Waals surface area contributed by atoms with Gasteiger partial charge in [-0.1, -0.05) is 6.07 Å². The van der Waals surface area contributed by atoms with Crippen LogP contribution in [0.5, 0.6) is 0 Å². The van der Waals surface area contributed by atoms with E-state index in [9.17, 15) is 22.8 Å². The predicted octanol–water partition coefficient (Wildman–Crippen LogP) is 1.49. The maximum absolute atomic E-state index is 12.7. The number of methoxy groups -OCH3 is 1. The largest absolute Gasteiger partial charge is 0.465 e. The maximum atomic E-state index is 12.7. The summed E-state index contributed by atoms with van der Waals surface area (Å²) in [7, 11) is -2.76. The zero-order chi connectivity index (χ0) is 21.2. The number of hydrogen-bond donors (Lipinski definition) is 2. The van der Waals surface area contributed by atoms with E-state index in [1.165, 1.54) is 32.2 Å². The number of aromatic amines is 1. The molecule has 10 heteroatoms. The molecule has 0 aliphatic carbocycles. The van der Waals surface area contributed by atoms with Crippen molar-refractivity contribution in [2.45, 2.75) is 31.8 Å². The van der Waals surface area contributed by atoms with Crippen LogP contribution in [0.25, 0.3) is 0 Å². The minimum atomic E-state index is -3.99. The zero-order valence-electron chi connectivity index (χ0n) is 15.7. The summed E-state index contributed by atoms with van der Waals surface area (Å²) in [5.74, 6) is -2.03. The number of H-pyrrole nitrogens is 1. The Morgan fingerprint density at radius 3 is 2.36 bits per heavy atom. The summed E-state index contributed by atoms with van der Waals surface area (Å²) >= 11 is 0. The van der Waals surface area contributed by atoms with Crippen LogP contribution in [0, 0.1) is 13.8 Å². The second-order valence-electron chi connectivity index (χ2n) is 6.10. The van der Waals surface area contributed by atoms with Crippen molar-refractivity contribution in [3.8, 4) is 0 Å². The Labute approximate surface area is 161 Å². The molecule has 0 amide bonds. The Morgan fingerprint density at radius 2 is 1.79 bits per heavy atom. The zero-order valence-corrected chi connectivity index (χ0v) is 16.5. The molecular formula is C18H20N2O7S. The lowest BCUT2D eigenvalue weighted by Gasteiger charge is -2.12. The van der Waals surface area contributed by atoms with Gasteiger partial charge in [0.05, 0.1) is 28.8 Å².